The maximum absolute atomic E-state index is 11.4. The zero-order valence-electron chi connectivity index (χ0n) is 14.3. The predicted molar refractivity (Wildman–Crippen MR) is 98.8 cm³/mol. The molecule has 26 heavy (non-hydrogen) atoms. The van der Waals surface area contributed by atoms with E-state index in [2.05, 4.69) is 15.4 Å². The second-order valence-corrected chi connectivity index (χ2v) is 6.73. The summed E-state index contributed by atoms with van der Waals surface area (Å²) in [6, 6.07) is 11.3. The highest BCUT2D eigenvalue weighted by molar-refractivity contribution is 5.94. The summed E-state index contributed by atoms with van der Waals surface area (Å²) in [4.78, 5) is 15.8. The van der Waals surface area contributed by atoms with Gasteiger partial charge in [-0.15, -0.1) is 5.10 Å². The fraction of sp³-hybridized carbons (Fsp3) is 0.316. The molecule has 134 valence electrons. The molecule has 0 spiro atoms. The number of hydrogen-bond acceptors (Lipinski definition) is 5. The van der Waals surface area contributed by atoms with E-state index in [-0.39, 0.29) is 6.10 Å². The number of carbonyl (C=O) groups excluding carboxylic acids is 1. The van der Waals surface area contributed by atoms with Crippen LogP contribution in [0.25, 0.3) is 16.9 Å². The fourth-order valence-electron chi connectivity index (χ4n) is 3.41. The Morgan fingerprint density at radius 1 is 1.19 bits per heavy atom. The average Bonchev–Trinajstić information content (AvgIpc) is 3.07. The van der Waals surface area contributed by atoms with E-state index in [1.807, 2.05) is 18.2 Å². The van der Waals surface area contributed by atoms with E-state index in [0.29, 0.717) is 11.6 Å². The molecule has 2 heterocycles. The van der Waals surface area contributed by atoms with Gasteiger partial charge in [-0.05, 0) is 49.9 Å². The first-order valence-corrected chi connectivity index (χ1v) is 8.80. The van der Waals surface area contributed by atoms with E-state index in [4.69, 9.17) is 5.73 Å². The summed E-state index contributed by atoms with van der Waals surface area (Å²) < 4.78 is 1.76. The molecule has 0 bridgehead atoms. The Kier molecular flexibility index (Phi) is 4.30. The number of anilines is 1. The second kappa shape index (κ2) is 6.76. The lowest BCUT2D eigenvalue weighted by Gasteiger charge is -2.26. The number of primary amides is 1. The zero-order chi connectivity index (χ0) is 18.1. The second-order valence-electron chi connectivity index (χ2n) is 6.73. The number of nitrogens with one attached hydrogen (secondary N) is 1. The molecular weight excluding hydrogens is 330 g/mol. The summed E-state index contributed by atoms with van der Waals surface area (Å²) in [5.74, 6) is 0.305. The number of benzene rings is 1. The number of amides is 1. The molecule has 1 aromatic carbocycles. The van der Waals surface area contributed by atoms with Crippen molar-refractivity contribution in [2.45, 2.75) is 37.8 Å². The molecule has 1 saturated carbocycles. The summed E-state index contributed by atoms with van der Waals surface area (Å²) in [5, 5.41) is 17.8. The van der Waals surface area contributed by atoms with Crippen LogP contribution in [0.4, 0.5) is 5.82 Å². The number of aliphatic hydroxyl groups is 1. The molecule has 0 unspecified atom stereocenters. The molecule has 2 aromatic heterocycles. The van der Waals surface area contributed by atoms with Crippen LogP contribution in [-0.2, 0) is 0 Å². The van der Waals surface area contributed by atoms with Gasteiger partial charge in [-0.25, -0.2) is 9.50 Å². The van der Waals surface area contributed by atoms with Crippen LogP contribution < -0.4 is 11.1 Å². The Labute approximate surface area is 150 Å². The monoisotopic (exact) mass is 351 g/mol. The number of rotatable bonds is 4. The zero-order valence-corrected chi connectivity index (χ0v) is 14.3. The number of aliphatic hydroxyl groups excluding tert-OH is 1. The smallest absolute Gasteiger partial charge is 0.248 e. The number of nitrogens with two attached hydrogens (primary N) is 1. The first-order chi connectivity index (χ1) is 12.6. The van der Waals surface area contributed by atoms with Crippen LogP contribution >= 0.6 is 0 Å². The molecular formula is C19H21N5O2. The number of imidazole rings is 1. The largest absolute Gasteiger partial charge is 0.393 e. The van der Waals surface area contributed by atoms with Gasteiger partial charge in [-0.2, -0.15) is 0 Å². The Morgan fingerprint density at radius 3 is 2.77 bits per heavy atom. The molecule has 0 aliphatic heterocycles. The predicted octanol–water partition coefficient (Wildman–Crippen LogP) is 2.21. The highest BCUT2D eigenvalue weighted by Crippen LogP contribution is 2.24. The topological polar surface area (TPSA) is 106 Å². The van der Waals surface area contributed by atoms with E-state index in [1.165, 1.54) is 0 Å². The standard InChI is InChI=1S/C19H21N5O2/c20-19(26)13-3-1-2-12(10-13)16-11-21-18-9-8-17(23-24(16)18)22-14-4-6-15(25)7-5-14/h1-3,8-11,14-15,25H,4-7H2,(H2,20,26)(H,22,23). The summed E-state index contributed by atoms with van der Waals surface area (Å²) in [6.45, 7) is 0. The van der Waals surface area contributed by atoms with Gasteiger partial charge >= 0.3 is 0 Å². The Morgan fingerprint density at radius 2 is 2.00 bits per heavy atom. The van der Waals surface area contributed by atoms with Crippen molar-refractivity contribution in [2.24, 2.45) is 5.73 Å². The minimum absolute atomic E-state index is 0.179. The quantitative estimate of drug-likeness (QED) is 0.668. The fourth-order valence-corrected chi connectivity index (χ4v) is 3.41. The molecule has 7 heteroatoms. The van der Waals surface area contributed by atoms with Crippen LogP contribution in [-0.4, -0.2) is 37.8 Å². The van der Waals surface area contributed by atoms with E-state index < -0.39 is 5.91 Å². The van der Waals surface area contributed by atoms with E-state index in [1.54, 1.807) is 28.9 Å². The van der Waals surface area contributed by atoms with Gasteiger partial charge in [-0.3, -0.25) is 4.79 Å². The molecule has 3 aromatic rings. The molecule has 7 nitrogen and oxygen atoms in total. The maximum Gasteiger partial charge on any atom is 0.248 e. The number of nitrogens with zero attached hydrogens (tertiary/aromatic N) is 3. The van der Waals surface area contributed by atoms with Crippen molar-refractivity contribution < 1.29 is 9.90 Å². The lowest BCUT2D eigenvalue weighted by atomic mass is 9.93. The van der Waals surface area contributed by atoms with Crippen molar-refractivity contribution >= 4 is 17.4 Å². The first kappa shape index (κ1) is 16.5. The van der Waals surface area contributed by atoms with E-state index in [0.717, 1.165) is 48.4 Å². The third-order valence-electron chi connectivity index (χ3n) is 4.85. The Bertz CT molecular complexity index is 944. The molecule has 4 N–H and O–H groups in total. The van der Waals surface area contributed by atoms with E-state index >= 15 is 0 Å². The van der Waals surface area contributed by atoms with Crippen molar-refractivity contribution in [3.8, 4) is 11.3 Å². The van der Waals surface area contributed by atoms with Gasteiger partial charge in [0.1, 0.15) is 5.82 Å². The Balaban J connectivity index is 1.64. The molecule has 0 saturated heterocycles. The third-order valence-corrected chi connectivity index (χ3v) is 4.85. The minimum Gasteiger partial charge on any atom is -0.393 e. The van der Waals surface area contributed by atoms with Gasteiger partial charge < -0.3 is 16.2 Å². The van der Waals surface area contributed by atoms with Crippen LogP contribution in [0.5, 0.6) is 0 Å². The van der Waals surface area contributed by atoms with Gasteiger partial charge in [0.25, 0.3) is 0 Å². The third kappa shape index (κ3) is 3.25. The highest BCUT2D eigenvalue weighted by atomic mass is 16.3. The van der Waals surface area contributed by atoms with Crippen LogP contribution in [0.2, 0.25) is 0 Å². The molecule has 0 radical (unpaired) electrons. The molecule has 1 aliphatic carbocycles. The van der Waals surface area contributed by atoms with Crippen LogP contribution in [0, 0.1) is 0 Å². The van der Waals surface area contributed by atoms with Gasteiger partial charge in [0.2, 0.25) is 5.91 Å². The van der Waals surface area contributed by atoms with E-state index in [9.17, 15) is 9.90 Å². The minimum atomic E-state index is -0.463. The van der Waals surface area contributed by atoms with Crippen LogP contribution in [0.15, 0.2) is 42.6 Å². The summed E-state index contributed by atoms with van der Waals surface area (Å²) >= 11 is 0. The Hall–Kier alpha value is -2.93. The number of aromatic nitrogens is 3. The molecule has 4 rings (SSSR count). The van der Waals surface area contributed by atoms with Crippen molar-refractivity contribution in [3.63, 3.8) is 0 Å². The SMILES string of the molecule is NC(=O)c1cccc(-c2cnc3ccc(NC4CCC(O)CC4)nn23)c1. The van der Waals surface area contributed by atoms with Crippen molar-refractivity contribution in [3.05, 3.63) is 48.2 Å². The van der Waals surface area contributed by atoms with Crippen LogP contribution in [0.3, 0.4) is 0 Å². The number of fused-ring (bicyclic) bond motifs is 1. The molecule has 1 aliphatic rings. The van der Waals surface area contributed by atoms with Crippen molar-refractivity contribution in [1.29, 1.82) is 0 Å². The number of hydrogen-bond donors (Lipinski definition) is 3. The van der Waals surface area contributed by atoms with Gasteiger partial charge in [0.05, 0.1) is 18.0 Å². The van der Waals surface area contributed by atoms with Gasteiger partial charge in [0, 0.05) is 17.2 Å². The average molecular weight is 351 g/mol. The first-order valence-electron chi connectivity index (χ1n) is 8.80. The van der Waals surface area contributed by atoms with Crippen molar-refractivity contribution in [2.75, 3.05) is 5.32 Å². The lowest BCUT2D eigenvalue weighted by Crippen LogP contribution is -2.28. The maximum atomic E-state index is 11.4. The molecule has 1 amide bonds. The molecule has 1 fully saturated rings. The van der Waals surface area contributed by atoms with Crippen molar-refractivity contribution in [1.82, 2.24) is 14.6 Å². The normalized spacial score (nSPS) is 20.2. The molecule has 0 atom stereocenters. The lowest BCUT2D eigenvalue weighted by molar-refractivity contribution is 0.1000. The van der Waals surface area contributed by atoms with Gasteiger partial charge in [-0.1, -0.05) is 12.1 Å². The van der Waals surface area contributed by atoms with Crippen LogP contribution in [0.1, 0.15) is 36.0 Å². The summed E-state index contributed by atoms with van der Waals surface area (Å²) in [6.07, 6.45) is 5.05. The van der Waals surface area contributed by atoms with Gasteiger partial charge in [0.15, 0.2) is 5.65 Å². The summed E-state index contributed by atoms with van der Waals surface area (Å²) in [7, 11) is 0. The summed E-state index contributed by atoms with van der Waals surface area (Å²) in [5.41, 5.74) is 8.19. The number of carbonyl (C=O) groups is 1. The highest BCUT2D eigenvalue weighted by Gasteiger charge is 2.19.